The molecule has 1 saturated heterocycles. The fourth-order valence-electron chi connectivity index (χ4n) is 4.00. The molecule has 1 saturated carbocycles. The maximum Gasteiger partial charge on any atom is 0.161 e. The first-order chi connectivity index (χ1) is 12.8. The summed E-state index contributed by atoms with van der Waals surface area (Å²) >= 11 is 0. The fourth-order valence-corrected chi connectivity index (χ4v) is 4.00. The van der Waals surface area contributed by atoms with Crippen molar-refractivity contribution in [1.29, 1.82) is 0 Å². The van der Waals surface area contributed by atoms with E-state index in [4.69, 9.17) is 19.0 Å². The smallest absolute Gasteiger partial charge is 0.161 e. The first kappa shape index (κ1) is 17.7. The van der Waals surface area contributed by atoms with Gasteiger partial charge >= 0.3 is 0 Å². The van der Waals surface area contributed by atoms with Crippen LogP contribution in [0.15, 0.2) is 24.3 Å². The van der Waals surface area contributed by atoms with Gasteiger partial charge in [-0.1, -0.05) is 19.3 Å². The molecule has 142 valence electrons. The minimum atomic E-state index is -0.322. The van der Waals surface area contributed by atoms with Crippen molar-refractivity contribution in [3.05, 3.63) is 29.8 Å². The molecule has 2 heterocycles. The molecule has 1 spiro atoms. The largest absolute Gasteiger partial charge is 0.490 e. The molecule has 0 aromatic heterocycles. The van der Waals surface area contributed by atoms with E-state index in [1.54, 1.807) is 0 Å². The second-order valence-electron chi connectivity index (χ2n) is 7.54. The van der Waals surface area contributed by atoms with Gasteiger partial charge in [0.05, 0.1) is 25.5 Å². The number of hydrogen-bond acceptors (Lipinski definition) is 5. The highest BCUT2D eigenvalue weighted by Gasteiger charge is 2.39. The first-order valence-electron chi connectivity index (χ1n) is 9.93. The quantitative estimate of drug-likeness (QED) is 0.829. The van der Waals surface area contributed by atoms with Gasteiger partial charge in [-0.05, 0) is 50.0 Å². The normalized spacial score (nSPS) is 26.0. The van der Waals surface area contributed by atoms with Crippen LogP contribution in [-0.4, -0.2) is 32.0 Å². The number of hydrogen-bond donors (Lipinski definition) is 1. The van der Waals surface area contributed by atoms with Gasteiger partial charge in [0.15, 0.2) is 11.5 Å². The number of benzene rings is 1. The summed E-state index contributed by atoms with van der Waals surface area (Å²) in [6.07, 6.45) is 9.60. The van der Waals surface area contributed by atoms with Crippen molar-refractivity contribution >= 4 is 5.70 Å². The lowest BCUT2D eigenvalue weighted by molar-refractivity contribution is -0.0373. The van der Waals surface area contributed by atoms with E-state index in [0.29, 0.717) is 19.1 Å². The van der Waals surface area contributed by atoms with Crippen LogP contribution in [0.25, 0.3) is 5.70 Å². The second kappa shape index (κ2) is 7.89. The molecule has 0 bridgehead atoms. The lowest BCUT2D eigenvalue weighted by Crippen LogP contribution is -2.29. The Morgan fingerprint density at radius 2 is 2.04 bits per heavy atom. The van der Waals surface area contributed by atoms with Crippen LogP contribution < -0.4 is 15.0 Å². The fraction of sp³-hybridized carbons (Fsp3) is 0.619. The molecular formula is C21H29NO4. The van der Waals surface area contributed by atoms with Crippen LogP contribution in [0.4, 0.5) is 0 Å². The van der Waals surface area contributed by atoms with Crippen LogP contribution in [0, 0.1) is 5.92 Å². The molecule has 5 heteroatoms. The van der Waals surface area contributed by atoms with Crippen LogP contribution in [0.1, 0.15) is 51.0 Å². The SMILES string of the molecule is CCOc1cc(C2=CC3(CCOC3)ON2)ccc1OCC1CCCCC1. The van der Waals surface area contributed by atoms with E-state index < -0.39 is 0 Å². The van der Waals surface area contributed by atoms with Gasteiger partial charge in [0.25, 0.3) is 0 Å². The number of hydroxylamine groups is 1. The lowest BCUT2D eigenvalue weighted by Gasteiger charge is -2.22. The van der Waals surface area contributed by atoms with Crippen LogP contribution in [-0.2, 0) is 9.57 Å². The Bertz CT molecular complexity index is 645. The Balaban J connectivity index is 1.48. The minimum Gasteiger partial charge on any atom is -0.490 e. The molecule has 0 radical (unpaired) electrons. The first-order valence-corrected chi connectivity index (χ1v) is 9.93. The Kier molecular flexibility index (Phi) is 5.36. The maximum atomic E-state index is 6.12. The van der Waals surface area contributed by atoms with E-state index in [2.05, 4.69) is 17.6 Å². The predicted octanol–water partition coefficient (Wildman–Crippen LogP) is 4.08. The average molecular weight is 359 g/mol. The molecule has 4 rings (SSSR count). The molecule has 1 N–H and O–H groups in total. The summed E-state index contributed by atoms with van der Waals surface area (Å²) in [4.78, 5) is 5.79. The van der Waals surface area contributed by atoms with Crippen LogP contribution >= 0.6 is 0 Å². The Hall–Kier alpha value is -1.72. The highest BCUT2D eigenvalue weighted by atomic mass is 16.7. The van der Waals surface area contributed by atoms with Gasteiger partial charge in [-0.25, -0.2) is 0 Å². The summed E-state index contributed by atoms with van der Waals surface area (Å²) < 4.78 is 17.5. The summed E-state index contributed by atoms with van der Waals surface area (Å²) in [6, 6.07) is 6.12. The highest BCUT2D eigenvalue weighted by molar-refractivity contribution is 5.68. The van der Waals surface area contributed by atoms with Crippen molar-refractivity contribution in [2.75, 3.05) is 26.4 Å². The van der Waals surface area contributed by atoms with Crippen molar-refractivity contribution in [1.82, 2.24) is 5.48 Å². The summed E-state index contributed by atoms with van der Waals surface area (Å²) in [7, 11) is 0. The predicted molar refractivity (Wildman–Crippen MR) is 100 cm³/mol. The molecule has 2 aliphatic heterocycles. The zero-order valence-electron chi connectivity index (χ0n) is 15.6. The van der Waals surface area contributed by atoms with E-state index in [1.165, 1.54) is 32.1 Å². The number of ether oxygens (including phenoxy) is 3. The van der Waals surface area contributed by atoms with Gasteiger partial charge in [-0.2, -0.15) is 0 Å². The van der Waals surface area contributed by atoms with Crippen LogP contribution in [0.5, 0.6) is 11.5 Å². The van der Waals surface area contributed by atoms with Crippen molar-refractivity contribution in [2.24, 2.45) is 5.92 Å². The van der Waals surface area contributed by atoms with Crippen molar-refractivity contribution in [2.45, 2.75) is 51.0 Å². The van der Waals surface area contributed by atoms with Crippen molar-refractivity contribution in [3.8, 4) is 11.5 Å². The number of nitrogens with one attached hydrogen (secondary N) is 1. The minimum absolute atomic E-state index is 0.322. The summed E-state index contributed by atoms with van der Waals surface area (Å²) in [6.45, 7) is 4.74. The van der Waals surface area contributed by atoms with E-state index in [1.807, 2.05) is 19.1 Å². The van der Waals surface area contributed by atoms with E-state index in [9.17, 15) is 0 Å². The molecule has 26 heavy (non-hydrogen) atoms. The average Bonchev–Trinajstić information content (AvgIpc) is 3.32. The highest BCUT2D eigenvalue weighted by Crippen LogP contribution is 2.36. The monoisotopic (exact) mass is 359 g/mol. The summed E-state index contributed by atoms with van der Waals surface area (Å²) in [5.41, 5.74) is 4.75. The topological polar surface area (TPSA) is 49.0 Å². The third kappa shape index (κ3) is 3.84. The Morgan fingerprint density at radius 1 is 1.15 bits per heavy atom. The summed E-state index contributed by atoms with van der Waals surface area (Å²) in [5.74, 6) is 2.31. The van der Waals surface area contributed by atoms with Crippen molar-refractivity contribution in [3.63, 3.8) is 0 Å². The lowest BCUT2D eigenvalue weighted by atomic mass is 9.90. The molecule has 1 aromatic rings. The van der Waals surface area contributed by atoms with Gasteiger partial charge in [0.1, 0.15) is 5.60 Å². The molecule has 1 atom stereocenters. The Morgan fingerprint density at radius 3 is 2.81 bits per heavy atom. The van der Waals surface area contributed by atoms with Gasteiger partial charge in [0.2, 0.25) is 0 Å². The molecule has 3 aliphatic rings. The second-order valence-corrected chi connectivity index (χ2v) is 7.54. The molecular weight excluding hydrogens is 330 g/mol. The zero-order chi connectivity index (χ0) is 17.8. The van der Waals surface area contributed by atoms with Crippen molar-refractivity contribution < 1.29 is 19.0 Å². The van der Waals surface area contributed by atoms with Gasteiger partial charge in [-0.15, -0.1) is 0 Å². The van der Waals surface area contributed by atoms with Gasteiger partial charge in [0, 0.05) is 18.6 Å². The standard InChI is InChI=1S/C21H29NO4/c1-2-24-20-12-17(18-13-21(26-22-18)10-11-23-15-21)8-9-19(20)25-14-16-6-4-3-5-7-16/h8-9,12-13,16,22H,2-7,10-11,14-15H2,1H3. The van der Waals surface area contributed by atoms with E-state index >= 15 is 0 Å². The van der Waals surface area contributed by atoms with Gasteiger partial charge in [-0.3, -0.25) is 10.3 Å². The zero-order valence-corrected chi connectivity index (χ0v) is 15.6. The Labute approximate surface area is 155 Å². The number of rotatable bonds is 6. The molecule has 0 amide bonds. The molecule has 1 aromatic carbocycles. The summed E-state index contributed by atoms with van der Waals surface area (Å²) in [5, 5.41) is 0. The third-order valence-electron chi connectivity index (χ3n) is 5.54. The molecule has 2 fully saturated rings. The third-order valence-corrected chi connectivity index (χ3v) is 5.54. The van der Waals surface area contributed by atoms with Gasteiger partial charge < -0.3 is 14.2 Å². The molecule has 1 unspecified atom stereocenters. The van der Waals surface area contributed by atoms with E-state index in [0.717, 1.165) is 42.4 Å². The van der Waals surface area contributed by atoms with Crippen LogP contribution in [0.2, 0.25) is 0 Å². The van der Waals surface area contributed by atoms with Crippen LogP contribution in [0.3, 0.4) is 0 Å². The molecule has 5 nitrogen and oxygen atoms in total. The maximum absolute atomic E-state index is 6.12. The molecule has 1 aliphatic carbocycles. The van der Waals surface area contributed by atoms with E-state index in [-0.39, 0.29) is 5.60 Å².